The number of carbonyl (C=O) groups is 1. The first-order chi connectivity index (χ1) is 14.8. The minimum atomic E-state index is -3.32. The summed E-state index contributed by atoms with van der Waals surface area (Å²) in [6.45, 7) is 1.53. The number of likely N-dealkylation sites (tertiary alicyclic amines) is 1. The molecule has 1 aromatic heterocycles. The molecule has 0 N–H and O–H groups in total. The van der Waals surface area contributed by atoms with Crippen molar-refractivity contribution in [2.45, 2.75) is 25.3 Å². The number of carbonyl (C=O) groups excluding carboxylic acids is 1. The van der Waals surface area contributed by atoms with Crippen LogP contribution in [-0.4, -0.2) is 60.1 Å². The van der Waals surface area contributed by atoms with Crippen LogP contribution < -0.4 is 4.31 Å². The molecular formula is C21H22FN5O3S. The molecule has 10 heteroatoms. The third kappa shape index (κ3) is 3.54. The summed E-state index contributed by atoms with van der Waals surface area (Å²) in [6.07, 6.45) is 3.46. The smallest absolute Gasteiger partial charge is 0.253 e. The summed E-state index contributed by atoms with van der Waals surface area (Å²) in [5.74, 6) is -0.438. The highest BCUT2D eigenvalue weighted by Gasteiger charge is 2.30. The molecule has 162 valence electrons. The zero-order valence-corrected chi connectivity index (χ0v) is 17.8. The van der Waals surface area contributed by atoms with Gasteiger partial charge >= 0.3 is 0 Å². The molecular weight excluding hydrogens is 421 g/mol. The Labute approximate surface area is 179 Å². The number of sulfonamides is 1. The maximum atomic E-state index is 13.5. The minimum absolute atomic E-state index is 0.0386. The molecule has 31 heavy (non-hydrogen) atoms. The van der Waals surface area contributed by atoms with Gasteiger partial charge in [0.1, 0.15) is 11.3 Å². The fourth-order valence-corrected chi connectivity index (χ4v) is 5.51. The standard InChI is InChI=1S/C21H22FN5O3S/c1-31(29,30)26-10-8-14-11-15(4-6-19(14)26)21(28)25-9-2-3-17(13-25)27-20-7-5-16(22)12-18(20)23-24-27/h4-7,11-12,17H,2-3,8-10,13H2,1H3. The molecule has 1 unspecified atom stereocenters. The second-order valence-corrected chi connectivity index (χ2v) is 10.0. The fraction of sp³-hybridized carbons (Fsp3) is 0.381. The monoisotopic (exact) mass is 443 g/mol. The van der Waals surface area contributed by atoms with Crippen molar-refractivity contribution in [2.24, 2.45) is 0 Å². The number of hydrogen-bond donors (Lipinski definition) is 0. The van der Waals surface area contributed by atoms with Crippen LogP contribution in [0.5, 0.6) is 0 Å². The van der Waals surface area contributed by atoms with E-state index in [0.29, 0.717) is 42.8 Å². The number of aromatic nitrogens is 3. The van der Waals surface area contributed by atoms with Crippen LogP contribution in [0, 0.1) is 5.82 Å². The summed E-state index contributed by atoms with van der Waals surface area (Å²) < 4.78 is 40.5. The highest BCUT2D eigenvalue weighted by molar-refractivity contribution is 7.92. The summed E-state index contributed by atoms with van der Waals surface area (Å²) >= 11 is 0. The lowest BCUT2D eigenvalue weighted by Gasteiger charge is -2.33. The van der Waals surface area contributed by atoms with Crippen LogP contribution in [0.1, 0.15) is 34.8 Å². The van der Waals surface area contributed by atoms with Gasteiger partial charge in [-0.1, -0.05) is 5.21 Å². The van der Waals surface area contributed by atoms with E-state index in [9.17, 15) is 17.6 Å². The van der Waals surface area contributed by atoms with Gasteiger partial charge in [-0.3, -0.25) is 9.10 Å². The zero-order valence-electron chi connectivity index (χ0n) is 17.0. The van der Waals surface area contributed by atoms with E-state index in [0.717, 1.165) is 23.9 Å². The lowest BCUT2D eigenvalue weighted by Crippen LogP contribution is -2.41. The van der Waals surface area contributed by atoms with Gasteiger partial charge in [-0.15, -0.1) is 5.10 Å². The normalized spacial score (nSPS) is 19.1. The molecule has 3 aromatic rings. The van der Waals surface area contributed by atoms with Crippen LogP contribution in [0.15, 0.2) is 36.4 Å². The van der Waals surface area contributed by atoms with E-state index in [1.807, 2.05) is 0 Å². The largest absolute Gasteiger partial charge is 0.337 e. The van der Waals surface area contributed by atoms with Crippen molar-refractivity contribution >= 4 is 32.7 Å². The van der Waals surface area contributed by atoms with E-state index in [-0.39, 0.29) is 17.8 Å². The Balaban J connectivity index is 1.38. The number of amides is 1. The van der Waals surface area contributed by atoms with Crippen molar-refractivity contribution in [3.63, 3.8) is 0 Å². The molecule has 1 saturated heterocycles. The third-order valence-electron chi connectivity index (χ3n) is 6.04. The predicted octanol–water partition coefficient (Wildman–Crippen LogP) is 2.37. The Morgan fingerprint density at radius 2 is 2.00 bits per heavy atom. The third-order valence-corrected chi connectivity index (χ3v) is 7.22. The first kappa shape index (κ1) is 19.9. The van der Waals surface area contributed by atoms with Crippen LogP contribution in [0.3, 0.4) is 0 Å². The molecule has 8 nitrogen and oxygen atoms in total. The SMILES string of the molecule is CS(=O)(=O)N1CCc2cc(C(=O)N3CCCC(n4nnc5cc(F)ccc54)C3)ccc21. The van der Waals surface area contributed by atoms with Gasteiger partial charge in [0.05, 0.1) is 23.5 Å². The van der Waals surface area contributed by atoms with Crippen molar-refractivity contribution < 1.29 is 17.6 Å². The number of piperidine rings is 1. The summed E-state index contributed by atoms with van der Waals surface area (Å²) in [6, 6.07) is 9.59. The molecule has 2 aliphatic heterocycles. The topological polar surface area (TPSA) is 88.4 Å². The molecule has 0 spiro atoms. The summed E-state index contributed by atoms with van der Waals surface area (Å²) in [7, 11) is -3.32. The molecule has 0 bridgehead atoms. The van der Waals surface area contributed by atoms with Gasteiger partial charge in [-0.25, -0.2) is 17.5 Å². The molecule has 3 heterocycles. The van der Waals surface area contributed by atoms with Crippen LogP contribution in [-0.2, 0) is 16.4 Å². The van der Waals surface area contributed by atoms with Crippen LogP contribution in [0.25, 0.3) is 11.0 Å². The van der Waals surface area contributed by atoms with Crippen LogP contribution in [0.2, 0.25) is 0 Å². The highest BCUT2D eigenvalue weighted by atomic mass is 32.2. The van der Waals surface area contributed by atoms with Crippen molar-refractivity contribution in [1.82, 2.24) is 19.9 Å². The van der Waals surface area contributed by atoms with Gasteiger partial charge in [0.25, 0.3) is 5.91 Å². The molecule has 2 aromatic carbocycles. The molecule has 5 rings (SSSR count). The Morgan fingerprint density at radius 1 is 1.16 bits per heavy atom. The Bertz CT molecular complexity index is 1290. The van der Waals surface area contributed by atoms with Crippen LogP contribution in [0.4, 0.5) is 10.1 Å². The summed E-state index contributed by atoms with van der Waals surface area (Å²) in [5.41, 5.74) is 3.32. The molecule has 2 aliphatic rings. The number of hydrogen-bond acceptors (Lipinski definition) is 5. The van der Waals surface area contributed by atoms with Gasteiger partial charge in [-0.05, 0) is 55.2 Å². The molecule has 0 saturated carbocycles. The zero-order chi connectivity index (χ0) is 21.8. The van der Waals surface area contributed by atoms with Gasteiger partial charge in [0.2, 0.25) is 10.0 Å². The van der Waals surface area contributed by atoms with Crippen molar-refractivity contribution in [2.75, 3.05) is 30.2 Å². The lowest BCUT2D eigenvalue weighted by molar-refractivity contribution is 0.0674. The Hall–Kier alpha value is -3.01. The second-order valence-electron chi connectivity index (χ2n) is 8.14. The quantitative estimate of drug-likeness (QED) is 0.620. The Morgan fingerprint density at radius 3 is 2.81 bits per heavy atom. The summed E-state index contributed by atoms with van der Waals surface area (Å²) in [5, 5.41) is 8.27. The van der Waals surface area contributed by atoms with E-state index in [2.05, 4.69) is 10.3 Å². The van der Waals surface area contributed by atoms with Crippen molar-refractivity contribution in [1.29, 1.82) is 0 Å². The minimum Gasteiger partial charge on any atom is -0.337 e. The van der Waals surface area contributed by atoms with E-state index < -0.39 is 10.0 Å². The maximum absolute atomic E-state index is 13.5. The molecule has 1 amide bonds. The van der Waals surface area contributed by atoms with Crippen molar-refractivity contribution in [3.05, 3.63) is 53.3 Å². The molecule has 1 atom stereocenters. The highest BCUT2D eigenvalue weighted by Crippen LogP contribution is 2.32. The number of nitrogens with zero attached hydrogens (tertiary/aromatic N) is 5. The molecule has 1 fully saturated rings. The van der Waals surface area contributed by atoms with Gasteiger partial charge in [-0.2, -0.15) is 0 Å². The lowest BCUT2D eigenvalue weighted by atomic mass is 10.0. The number of anilines is 1. The van der Waals surface area contributed by atoms with Crippen LogP contribution >= 0.6 is 0 Å². The fourth-order valence-electron chi connectivity index (χ4n) is 4.56. The second kappa shape index (κ2) is 7.30. The number of rotatable bonds is 3. The average Bonchev–Trinajstić information content (AvgIpc) is 3.36. The summed E-state index contributed by atoms with van der Waals surface area (Å²) in [4.78, 5) is 15.0. The predicted molar refractivity (Wildman–Crippen MR) is 114 cm³/mol. The van der Waals surface area contributed by atoms with Crippen molar-refractivity contribution in [3.8, 4) is 0 Å². The Kier molecular flexibility index (Phi) is 4.69. The van der Waals surface area contributed by atoms with Gasteiger partial charge in [0, 0.05) is 31.3 Å². The van der Waals surface area contributed by atoms with E-state index in [4.69, 9.17) is 0 Å². The van der Waals surface area contributed by atoms with E-state index in [1.165, 1.54) is 22.7 Å². The van der Waals surface area contributed by atoms with Gasteiger partial charge in [0.15, 0.2) is 0 Å². The molecule has 0 radical (unpaired) electrons. The first-order valence-electron chi connectivity index (χ1n) is 10.2. The van der Waals surface area contributed by atoms with E-state index >= 15 is 0 Å². The number of benzene rings is 2. The number of halogens is 1. The molecule has 0 aliphatic carbocycles. The van der Waals surface area contributed by atoms with E-state index in [1.54, 1.807) is 33.8 Å². The van der Waals surface area contributed by atoms with Gasteiger partial charge < -0.3 is 4.90 Å². The first-order valence-corrected chi connectivity index (χ1v) is 12.1. The number of fused-ring (bicyclic) bond motifs is 2. The average molecular weight is 444 g/mol. The maximum Gasteiger partial charge on any atom is 0.253 e.